The number of nitrogens with zero attached hydrogens (tertiary/aromatic N) is 1. The molecule has 0 aromatic carbocycles. The lowest BCUT2D eigenvalue weighted by Gasteiger charge is -2.37. The molecule has 0 aromatic rings. The molecule has 0 aliphatic carbocycles. The summed E-state index contributed by atoms with van der Waals surface area (Å²) in [6, 6.07) is 0.230. The molecule has 22 heavy (non-hydrogen) atoms. The summed E-state index contributed by atoms with van der Waals surface area (Å²) in [7, 11) is 0. The van der Waals surface area contributed by atoms with E-state index in [-0.39, 0.29) is 24.8 Å². The minimum Gasteiger partial charge on any atom is -0.396 e. The molecule has 0 aromatic heterocycles. The number of hydrogen-bond donors (Lipinski definition) is 2. The fourth-order valence-corrected chi connectivity index (χ4v) is 3.86. The number of aliphatic hydroxyl groups excluding tert-OH is 1. The summed E-state index contributed by atoms with van der Waals surface area (Å²) >= 11 is 0. The lowest BCUT2D eigenvalue weighted by Crippen LogP contribution is -2.51. The first-order valence-corrected chi connectivity index (χ1v) is 8.90. The zero-order valence-corrected chi connectivity index (χ0v) is 14.1. The minimum absolute atomic E-state index is 0.0335. The van der Waals surface area contributed by atoms with Gasteiger partial charge >= 0.3 is 6.03 Å². The summed E-state index contributed by atoms with van der Waals surface area (Å²) in [6.07, 6.45) is 6.38. The number of nitrogens with one attached hydrogen (secondary N) is 1. The molecular weight excluding hydrogens is 280 g/mol. The first kappa shape index (κ1) is 17.5. The number of carbonyl (C=O) groups is 1. The van der Waals surface area contributed by atoms with Crippen LogP contribution < -0.4 is 5.32 Å². The Labute approximate surface area is 134 Å². The Morgan fingerprint density at radius 3 is 2.86 bits per heavy atom. The normalized spacial score (nSPS) is 29.6. The fraction of sp³-hybridized carbons (Fsp3) is 0.941. The highest BCUT2D eigenvalue weighted by Gasteiger charge is 2.30. The van der Waals surface area contributed by atoms with Crippen LogP contribution in [0.25, 0.3) is 0 Å². The molecule has 2 saturated heterocycles. The molecule has 5 nitrogen and oxygen atoms in total. The molecule has 2 aliphatic heterocycles. The van der Waals surface area contributed by atoms with Crippen LogP contribution >= 0.6 is 0 Å². The standard InChI is InChI=1S/C17H32N2O3/c1-13(2)16-14(6-5-11-22-16)12-18-17(21)19-9-4-3-7-15(19)8-10-20/h13-16,20H,3-12H2,1-2H3,(H,18,21). The maximum absolute atomic E-state index is 12.5. The third kappa shape index (κ3) is 4.59. The van der Waals surface area contributed by atoms with Gasteiger partial charge in [-0.1, -0.05) is 13.8 Å². The molecule has 0 spiro atoms. The van der Waals surface area contributed by atoms with E-state index in [9.17, 15) is 9.90 Å². The average Bonchev–Trinajstić information content (AvgIpc) is 2.53. The number of piperidine rings is 1. The van der Waals surface area contributed by atoms with Crippen molar-refractivity contribution in [2.24, 2.45) is 11.8 Å². The van der Waals surface area contributed by atoms with E-state index in [0.29, 0.717) is 24.8 Å². The molecule has 128 valence electrons. The Morgan fingerprint density at radius 1 is 1.32 bits per heavy atom. The fourth-order valence-electron chi connectivity index (χ4n) is 3.86. The van der Waals surface area contributed by atoms with Gasteiger partial charge in [-0.15, -0.1) is 0 Å². The van der Waals surface area contributed by atoms with Crippen molar-refractivity contribution in [1.29, 1.82) is 0 Å². The van der Waals surface area contributed by atoms with Crippen LogP contribution in [0.4, 0.5) is 4.79 Å². The zero-order valence-electron chi connectivity index (χ0n) is 14.1. The quantitative estimate of drug-likeness (QED) is 0.819. The number of hydrogen-bond acceptors (Lipinski definition) is 3. The van der Waals surface area contributed by atoms with Gasteiger partial charge in [0, 0.05) is 38.3 Å². The van der Waals surface area contributed by atoms with Crippen LogP contribution in [0.2, 0.25) is 0 Å². The van der Waals surface area contributed by atoms with E-state index in [4.69, 9.17) is 4.74 Å². The van der Waals surface area contributed by atoms with E-state index in [1.54, 1.807) is 0 Å². The number of rotatable bonds is 5. The lowest BCUT2D eigenvalue weighted by molar-refractivity contribution is -0.0511. The third-order valence-electron chi connectivity index (χ3n) is 5.02. The second kappa shape index (κ2) is 8.73. The van der Waals surface area contributed by atoms with Crippen LogP contribution in [-0.2, 0) is 4.74 Å². The molecule has 2 rings (SSSR count). The highest BCUT2D eigenvalue weighted by Crippen LogP contribution is 2.26. The van der Waals surface area contributed by atoms with Crippen molar-refractivity contribution in [3.8, 4) is 0 Å². The van der Waals surface area contributed by atoms with Gasteiger partial charge in [0.2, 0.25) is 0 Å². The topological polar surface area (TPSA) is 61.8 Å². The summed E-state index contributed by atoms with van der Waals surface area (Å²) in [5.74, 6) is 0.901. The summed E-state index contributed by atoms with van der Waals surface area (Å²) in [5.41, 5.74) is 0. The Bertz CT molecular complexity index is 347. The highest BCUT2D eigenvalue weighted by atomic mass is 16.5. The molecule has 0 radical (unpaired) electrons. The van der Waals surface area contributed by atoms with Gasteiger partial charge in [0.1, 0.15) is 0 Å². The van der Waals surface area contributed by atoms with E-state index in [1.807, 2.05) is 4.90 Å². The number of urea groups is 1. The maximum Gasteiger partial charge on any atom is 0.317 e. The Morgan fingerprint density at radius 2 is 2.14 bits per heavy atom. The van der Waals surface area contributed by atoms with Gasteiger partial charge in [0.05, 0.1) is 6.10 Å². The Hall–Kier alpha value is -0.810. The molecule has 2 N–H and O–H groups in total. The second-order valence-electron chi connectivity index (χ2n) is 7.02. The minimum atomic E-state index is 0.0335. The smallest absolute Gasteiger partial charge is 0.317 e. The summed E-state index contributed by atoms with van der Waals surface area (Å²) in [4.78, 5) is 14.4. The van der Waals surface area contributed by atoms with Gasteiger partial charge in [-0.05, 0) is 44.4 Å². The molecule has 2 heterocycles. The molecule has 5 heteroatoms. The number of amides is 2. The SMILES string of the molecule is CC(C)C1OCCCC1CNC(=O)N1CCCCC1CCO. The second-order valence-corrected chi connectivity index (χ2v) is 7.02. The highest BCUT2D eigenvalue weighted by molar-refractivity contribution is 5.74. The molecule has 0 bridgehead atoms. The van der Waals surface area contributed by atoms with Gasteiger partial charge in [-0.2, -0.15) is 0 Å². The predicted octanol–water partition coefficient (Wildman–Crippen LogP) is 2.38. The Kier molecular flexibility index (Phi) is 6.96. The van der Waals surface area contributed by atoms with E-state index in [1.165, 1.54) is 0 Å². The predicted molar refractivity (Wildman–Crippen MR) is 86.7 cm³/mol. The van der Waals surface area contributed by atoms with Crippen LogP contribution in [0.3, 0.4) is 0 Å². The van der Waals surface area contributed by atoms with Crippen molar-refractivity contribution in [2.45, 2.75) is 64.5 Å². The summed E-state index contributed by atoms with van der Waals surface area (Å²) in [6.45, 7) is 6.88. The maximum atomic E-state index is 12.5. The van der Waals surface area contributed by atoms with Crippen molar-refractivity contribution < 1.29 is 14.6 Å². The number of ether oxygens (including phenoxy) is 1. The molecule has 3 unspecified atom stereocenters. The van der Waals surface area contributed by atoms with E-state index in [0.717, 1.165) is 45.3 Å². The Balaban J connectivity index is 1.85. The molecule has 2 aliphatic rings. The first-order valence-electron chi connectivity index (χ1n) is 8.90. The zero-order chi connectivity index (χ0) is 15.9. The number of likely N-dealkylation sites (tertiary alicyclic amines) is 1. The van der Waals surface area contributed by atoms with Crippen molar-refractivity contribution in [1.82, 2.24) is 10.2 Å². The summed E-state index contributed by atoms with van der Waals surface area (Å²) < 4.78 is 5.89. The number of carbonyl (C=O) groups excluding carboxylic acids is 1. The molecular formula is C17H32N2O3. The van der Waals surface area contributed by atoms with Crippen LogP contribution in [0.15, 0.2) is 0 Å². The van der Waals surface area contributed by atoms with E-state index >= 15 is 0 Å². The van der Waals surface area contributed by atoms with E-state index in [2.05, 4.69) is 19.2 Å². The molecule has 2 fully saturated rings. The van der Waals surface area contributed by atoms with Crippen LogP contribution in [0.5, 0.6) is 0 Å². The first-order chi connectivity index (χ1) is 10.6. The monoisotopic (exact) mass is 312 g/mol. The molecule has 2 amide bonds. The van der Waals surface area contributed by atoms with Gasteiger partial charge < -0.3 is 20.1 Å². The van der Waals surface area contributed by atoms with Gasteiger partial charge in [0.15, 0.2) is 0 Å². The van der Waals surface area contributed by atoms with Crippen LogP contribution in [-0.4, -0.2) is 54.5 Å². The van der Waals surface area contributed by atoms with Crippen molar-refractivity contribution in [3.63, 3.8) is 0 Å². The van der Waals surface area contributed by atoms with Crippen LogP contribution in [0, 0.1) is 11.8 Å². The average molecular weight is 312 g/mol. The third-order valence-corrected chi connectivity index (χ3v) is 5.02. The largest absolute Gasteiger partial charge is 0.396 e. The van der Waals surface area contributed by atoms with Gasteiger partial charge in [0.25, 0.3) is 0 Å². The van der Waals surface area contributed by atoms with E-state index < -0.39 is 0 Å². The van der Waals surface area contributed by atoms with Crippen molar-refractivity contribution in [2.75, 3.05) is 26.3 Å². The lowest BCUT2D eigenvalue weighted by atomic mass is 9.87. The molecule has 3 atom stereocenters. The molecule has 0 saturated carbocycles. The van der Waals surface area contributed by atoms with Gasteiger partial charge in [-0.25, -0.2) is 4.79 Å². The van der Waals surface area contributed by atoms with Crippen LogP contribution in [0.1, 0.15) is 52.4 Å². The van der Waals surface area contributed by atoms with Crippen molar-refractivity contribution >= 4 is 6.03 Å². The van der Waals surface area contributed by atoms with Gasteiger partial charge in [-0.3, -0.25) is 0 Å². The summed E-state index contributed by atoms with van der Waals surface area (Å²) in [5, 5.41) is 12.3. The van der Waals surface area contributed by atoms with Crippen molar-refractivity contribution in [3.05, 3.63) is 0 Å². The number of aliphatic hydroxyl groups is 1.